The van der Waals surface area contributed by atoms with Gasteiger partial charge in [-0.1, -0.05) is 0 Å². The number of aromatic nitrogens is 3. The maximum absolute atomic E-state index is 13.2. The molecule has 0 aliphatic carbocycles. The standard InChI is InChI=1S/C18H26N6O4/c25-10-12-1-5-23(6-2-12)15(26)13-9-19-17(28)18(13)3-7-24(8-4-18)16(27)14-20-11-21-22-14/h11-13,25H,1-10H2,(H,19,28)(H,20,21,22)/t13-/m0/s1. The molecule has 4 heterocycles. The molecule has 1 spiro atoms. The van der Waals surface area contributed by atoms with Crippen LogP contribution in [0.1, 0.15) is 36.3 Å². The van der Waals surface area contributed by atoms with E-state index in [2.05, 4.69) is 20.5 Å². The summed E-state index contributed by atoms with van der Waals surface area (Å²) in [7, 11) is 0. The van der Waals surface area contributed by atoms with Crippen molar-refractivity contribution in [3.05, 3.63) is 12.2 Å². The SMILES string of the molecule is O=C(c1ncn[nH]1)N1CCC2(CC1)C(=O)NC[C@H]2C(=O)N1CCC(CO)CC1. The third kappa shape index (κ3) is 3.15. The summed E-state index contributed by atoms with van der Waals surface area (Å²) in [6.45, 7) is 2.58. The smallest absolute Gasteiger partial charge is 0.291 e. The molecule has 10 heteroatoms. The van der Waals surface area contributed by atoms with E-state index < -0.39 is 11.3 Å². The number of nitrogens with one attached hydrogen (secondary N) is 2. The minimum Gasteiger partial charge on any atom is -0.396 e. The fourth-order valence-electron chi connectivity index (χ4n) is 4.75. The number of aromatic amines is 1. The van der Waals surface area contributed by atoms with Crippen molar-refractivity contribution in [2.24, 2.45) is 17.3 Å². The Balaban J connectivity index is 1.43. The lowest BCUT2D eigenvalue weighted by Gasteiger charge is -2.42. The second-order valence-corrected chi connectivity index (χ2v) is 8.00. The molecule has 0 aromatic carbocycles. The lowest BCUT2D eigenvalue weighted by atomic mass is 9.69. The first kappa shape index (κ1) is 18.9. The molecule has 28 heavy (non-hydrogen) atoms. The molecule has 3 N–H and O–H groups in total. The van der Waals surface area contributed by atoms with Crippen LogP contribution in [0.5, 0.6) is 0 Å². The van der Waals surface area contributed by atoms with Crippen LogP contribution in [0.4, 0.5) is 0 Å². The van der Waals surface area contributed by atoms with Gasteiger partial charge in [0.05, 0.1) is 11.3 Å². The van der Waals surface area contributed by atoms with Crippen LogP contribution < -0.4 is 5.32 Å². The summed E-state index contributed by atoms with van der Waals surface area (Å²) in [5.74, 6) is -0.251. The summed E-state index contributed by atoms with van der Waals surface area (Å²) in [4.78, 5) is 45.7. The van der Waals surface area contributed by atoms with Crippen molar-refractivity contribution >= 4 is 17.7 Å². The topological polar surface area (TPSA) is 132 Å². The third-order valence-corrected chi connectivity index (χ3v) is 6.63. The second kappa shape index (κ2) is 7.50. The van der Waals surface area contributed by atoms with Crippen LogP contribution in [0.2, 0.25) is 0 Å². The number of piperidine rings is 2. The molecule has 1 atom stereocenters. The Kier molecular flexibility index (Phi) is 5.05. The highest BCUT2D eigenvalue weighted by Gasteiger charge is 2.55. The number of H-pyrrole nitrogens is 1. The van der Waals surface area contributed by atoms with Crippen molar-refractivity contribution in [1.29, 1.82) is 0 Å². The average molecular weight is 390 g/mol. The van der Waals surface area contributed by atoms with E-state index in [-0.39, 0.29) is 36.1 Å². The van der Waals surface area contributed by atoms with Gasteiger partial charge in [-0.3, -0.25) is 19.5 Å². The highest BCUT2D eigenvalue weighted by molar-refractivity contribution is 5.95. The summed E-state index contributed by atoms with van der Waals surface area (Å²) in [6.07, 6.45) is 3.80. The van der Waals surface area contributed by atoms with E-state index in [0.717, 1.165) is 12.8 Å². The minimum absolute atomic E-state index is 0.0183. The normalized spacial score (nSPS) is 25.2. The van der Waals surface area contributed by atoms with Gasteiger partial charge in [0.1, 0.15) is 6.33 Å². The maximum Gasteiger partial charge on any atom is 0.291 e. The highest BCUT2D eigenvalue weighted by atomic mass is 16.3. The number of aliphatic hydroxyl groups is 1. The van der Waals surface area contributed by atoms with Crippen LogP contribution >= 0.6 is 0 Å². The first-order valence-electron chi connectivity index (χ1n) is 9.88. The Morgan fingerprint density at radius 3 is 2.50 bits per heavy atom. The lowest BCUT2D eigenvalue weighted by molar-refractivity contribution is -0.146. The molecule has 0 unspecified atom stereocenters. The van der Waals surface area contributed by atoms with Gasteiger partial charge >= 0.3 is 0 Å². The minimum atomic E-state index is -0.747. The van der Waals surface area contributed by atoms with Crippen molar-refractivity contribution in [3.8, 4) is 0 Å². The maximum atomic E-state index is 13.2. The van der Waals surface area contributed by atoms with Gasteiger partial charge in [0.25, 0.3) is 5.91 Å². The van der Waals surface area contributed by atoms with E-state index in [9.17, 15) is 19.5 Å². The van der Waals surface area contributed by atoms with Gasteiger partial charge < -0.3 is 20.2 Å². The molecular formula is C18H26N6O4. The van der Waals surface area contributed by atoms with Crippen LogP contribution in [-0.2, 0) is 9.59 Å². The molecule has 4 rings (SSSR count). The predicted molar refractivity (Wildman–Crippen MR) is 96.8 cm³/mol. The monoisotopic (exact) mass is 390 g/mol. The highest BCUT2D eigenvalue weighted by Crippen LogP contribution is 2.43. The fourth-order valence-corrected chi connectivity index (χ4v) is 4.75. The number of carbonyl (C=O) groups excluding carboxylic acids is 3. The van der Waals surface area contributed by atoms with Crippen LogP contribution in [0.25, 0.3) is 0 Å². The van der Waals surface area contributed by atoms with Crippen molar-refractivity contribution < 1.29 is 19.5 Å². The summed E-state index contributed by atoms with van der Waals surface area (Å²) < 4.78 is 0. The number of nitrogens with zero attached hydrogens (tertiary/aromatic N) is 4. The molecule has 3 fully saturated rings. The van der Waals surface area contributed by atoms with E-state index in [0.29, 0.717) is 45.6 Å². The Labute approximate surface area is 162 Å². The Morgan fingerprint density at radius 1 is 1.18 bits per heavy atom. The second-order valence-electron chi connectivity index (χ2n) is 8.00. The van der Waals surface area contributed by atoms with Crippen LogP contribution in [0.3, 0.4) is 0 Å². The van der Waals surface area contributed by atoms with Crippen molar-refractivity contribution in [2.45, 2.75) is 25.7 Å². The molecule has 3 aliphatic heterocycles. The number of rotatable bonds is 3. The van der Waals surface area contributed by atoms with Crippen molar-refractivity contribution in [3.63, 3.8) is 0 Å². The van der Waals surface area contributed by atoms with Crippen LogP contribution in [-0.4, -0.2) is 87.1 Å². The number of carbonyl (C=O) groups is 3. The van der Waals surface area contributed by atoms with E-state index in [1.807, 2.05) is 4.90 Å². The van der Waals surface area contributed by atoms with E-state index >= 15 is 0 Å². The Morgan fingerprint density at radius 2 is 1.89 bits per heavy atom. The third-order valence-electron chi connectivity index (χ3n) is 6.63. The molecule has 0 bridgehead atoms. The number of likely N-dealkylation sites (tertiary alicyclic amines) is 2. The number of hydrogen-bond donors (Lipinski definition) is 3. The van der Waals surface area contributed by atoms with Crippen LogP contribution in [0.15, 0.2) is 6.33 Å². The molecule has 1 aromatic rings. The molecule has 0 saturated carbocycles. The van der Waals surface area contributed by atoms with Crippen LogP contribution in [0, 0.1) is 17.3 Å². The van der Waals surface area contributed by atoms with Gasteiger partial charge in [-0.15, -0.1) is 0 Å². The number of aliphatic hydroxyl groups excluding tert-OH is 1. The molecule has 3 saturated heterocycles. The molecule has 3 aliphatic rings. The van der Waals surface area contributed by atoms with Gasteiger partial charge in [-0.05, 0) is 31.6 Å². The van der Waals surface area contributed by atoms with E-state index in [1.54, 1.807) is 4.90 Å². The fraction of sp³-hybridized carbons (Fsp3) is 0.722. The average Bonchev–Trinajstić information content (AvgIpc) is 3.37. The Bertz CT molecular complexity index is 735. The zero-order valence-corrected chi connectivity index (χ0v) is 15.8. The van der Waals surface area contributed by atoms with E-state index in [1.165, 1.54) is 6.33 Å². The number of hydrogen-bond acceptors (Lipinski definition) is 6. The zero-order chi connectivity index (χ0) is 19.7. The molecular weight excluding hydrogens is 364 g/mol. The van der Waals surface area contributed by atoms with E-state index in [4.69, 9.17) is 0 Å². The largest absolute Gasteiger partial charge is 0.396 e. The van der Waals surface area contributed by atoms with Gasteiger partial charge in [0.2, 0.25) is 17.6 Å². The lowest BCUT2D eigenvalue weighted by Crippen LogP contribution is -2.53. The summed E-state index contributed by atoms with van der Waals surface area (Å²) in [5, 5.41) is 18.5. The van der Waals surface area contributed by atoms with Gasteiger partial charge in [0, 0.05) is 39.3 Å². The Hall–Kier alpha value is -2.49. The number of amides is 3. The molecule has 1 aromatic heterocycles. The van der Waals surface area contributed by atoms with Gasteiger partial charge in [0.15, 0.2) is 0 Å². The molecule has 10 nitrogen and oxygen atoms in total. The van der Waals surface area contributed by atoms with Gasteiger partial charge in [-0.25, -0.2) is 4.98 Å². The van der Waals surface area contributed by atoms with Crippen molar-refractivity contribution in [2.75, 3.05) is 39.3 Å². The van der Waals surface area contributed by atoms with Gasteiger partial charge in [-0.2, -0.15) is 5.10 Å². The zero-order valence-electron chi connectivity index (χ0n) is 15.8. The summed E-state index contributed by atoms with van der Waals surface area (Å²) in [6, 6.07) is 0. The summed E-state index contributed by atoms with van der Waals surface area (Å²) >= 11 is 0. The molecule has 3 amide bonds. The first-order valence-corrected chi connectivity index (χ1v) is 9.88. The quantitative estimate of drug-likeness (QED) is 0.607. The predicted octanol–water partition coefficient (Wildman–Crippen LogP) is -0.996. The summed E-state index contributed by atoms with van der Waals surface area (Å²) in [5.41, 5.74) is -0.747. The first-order chi connectivity index (χ1) is 13.5. The van der Waals surface area contributed by atoms with Crippen molar-refractivity contribution in [1.82, 2.24) is 30.3 Å². The molecule has 152 valence electrons. The molecule has 0 radical (unpaired) electrons.